The zero-order valence-electron chi connectivity index (χ0n) is 10.8. The van der Waals surface area contributed by atoms with Crippen molar-refractivity contribution in [3.05, 3.63) is 57.7 Å². The Hall–Kier alpha value is -1.59. The number of hydrogen-bond acceptors (Lipinski definition) is 3. The maximum Gasteiger partial charge on any atom is 0.155 e. The lowest BCUT2D eigenvalue weighted by Gasteiger charge is -2.08. The summed E-state index contributed by atoms with van der Waals surface area (Å²) < 4.78 is 2.78. The zero-order chi connectivity index (χ0) is 14.1. The number of fused-ring (bicyclic) bond motifs is 1. The van der Waals surface area contributed by atoms with E-state index in [0.29, 0.717) is 6.54 Å². The molecular weight excluding hydrogens is 340 g/mol. The van der Waals surface area contributed by atoms with Gasteiger partial charge in [-0.05, 0) is 40.5 Å². The monoisotopic (exact) mass is 350 g/mol. The normalized spacial score (nSPS) is 10.9. The van der Waals surface area contributed by atoms with Crippen LogP contribution in [0.3, 0.4) is 0 Å². The first-order valence-corrected chi connectivity index (χ1v) is 7.28. The van der Waals surface area contributed by atoms with E-state index in [2.05, 4.69) is 31.2 Å². The lowest BCUT2D eigenvalue weighted by atomic mass is 10.2. The van der Waals surface area contributed by atoms with Crippen LogP contribution in [-0.4, -0.2) is 14.4 Å². The van der Waals surface area contributed by atoms with Crippen molar-refractivity contribution in [2.45, 2.75) is 13.5 Å². The fourth-order valence-corrected chi connectivity index (χ4v) is 2.43. The zero-order valence-corrected chi connectivity index (χ0v) is 13.1. The lowest BCUT2D eigenvalue weighted by Crippen LogP contribution is -2.03. The third-order valence-corrected chi connectivity index (χ3v) is 3.90. The number of aromatic nitrogens is 3. The molecule has 0 unspecified atom stereocenters. The van der Waals surface area contributed by atoms with Crippen LogP contribution in [0.5, 0.6) is 0 Å². The summed E-state index contributed by atoms with van der Waals surface area (Å²) in [6, 6.07) is 5.94. The van der Waals surface area contributed by atoms with Crippen molar-refractivity contribution < 1.29 is 0 Å². The van der Waals surface area contributed by atoms with Gasteiger partial charge in [-0.2, -0.15) is 0 Å². The Morgan fingerprint density at radius 3 is 2.95 bits per heavy atom. The van der Waals surface area contributed by atoms with E-state index in [1.54, 1.807) is 6.20 Å². The van der Waals surface area contributed by atoms with Crippen LogP contribution in [0.4, 0.5) is 5.69 Å². The summed E-state index contributed by atoms with van der Waals surface area (Å²) in [5.74, 6) is 0. The van der Waals surface area contributed by atoms with E-state index in [1.165, 1.54) is 0 Å². The van der Waals surface area contributed by atoms with E-state index in [1.807, 2.05) is 41.9 Å². The van der Waals surface area contributed by atoms with Crippen LogP contribution in [0.15, 0.2) is 41.4 Å². The number of nitrogens with zero attached hydrogens (tertiary/aromatic N) is 3. The second kappa shape index (κ2) is 5.42. The van der Waals surface area contributed by atoms with Crippen LogP contribution in [-0.2, 0) is 6.54 Å². The topological polar surface area (TPSA) is 42.2 Å². The summed E-state index contributed by atoms with van der Waals surface area (Å²) in [4.78, 5) is 8.47. The third-order valence-electron chi connectivity index (χ3n) is 3.09. The van der Waals surface area contributed by atoms with Crippen LogP contribution >= 0.6 is 27.5 Å². The Morgan fingerprint density at radius 1 is 1.30 bits per heavy atom. The lowest BCUT2D eigenvalue weighted by molar-refractivity contribution is 0.983. The van der Waals surface area contributed by atoms with Crippen LogP contribution in [0.25, 0.3) is 5.65 Å². The second-order valence-corrected chi connectivity index (χ2v) is 5.72. The number of benzene rings is 1. The van der Waals surface area contributed by atoms with Gasteiger partial charge in [0.1, 0.15) is 4.60 Å². The minimum absolute atomic E-state index is 0.664. The highest BCUT2D eigenvalue weighted by Crippen LogP contribution is 2.20. The highest BCUT2D eigenvalue weighted by atomic mass is 79.9. The molecule has 20 heavy (non-hydrogen) atoms. The van der Waals surface area contributed by atoms with Gasteiger partial charge >= 0.3 is 0 Å². The first-order chi connectivity index (χ1) is 9.63. The summed E-state index contributed by atoms with van der Waals surface area (Å²) in [5, 5.41) is 4.11. The van der Waals surface area contributed by atoms with Gasteiger partial charge in [0.05, 0.1) is 24.6 Å². The van der Waals surface area contributed by atoms with Crippen LogP contribution < -0.4 is 5.32 Å². The van der Waals surface area contributed by atoms with Crippen LogP contribution in [0.1, 0.15) is 11.3 Å². The number of aryl methyl sites for hydroxylation is 1. The smallest absolute Gasteiger partial charge is 0.155 e. The molecule has 0 saturated carbocycles. The molecule has 0 fully saturated rings. The standard InChI is InChI=1S/C14H12BrClN4/c1-9-2-3-10(4-12(9)16)17-5-11-6-19-14-7-18-13(15)8-20(11)14/h2-4,6-8,17H,5H2,1H3. The number of halogens is 2. The number of hydrogen-bond donors (Lipinski definition) is 1. The third kappa shape index (κ3) is 2.64. The summed E-state index contributed by atoms with van der Waals surface area (Å²) in [5.41, 5.74) is 3.94. The van der Waals surface area contributed by atoms with Crippen molar-refractivity contribution >= 4 is 38.9 Å². The van der Waals surface area contributed by atoms with E-state index >= 15 is 0 Å². The minimum atomic E-state index is 0.664. The van der Waals surface area contributed by atoms with Gasteiger partial charge in [-0.1, -0.05) is 17.7 Å². The molecule has 1 aromatic carbocycles. The molecule has 3 aromatic rings. The molecule has 0 aliphatic carbocycles. The van der Waals surface area contributed by atoms with Gasteiger partial charge in [0.2, 0.25) is 0 Å². The number of imidazole rings is 1. The quantitative estimate of drug-likeness (QED) is 0.773. The Morgan fingerprint density at radius 2 is 2.15 bits per heavy atom. The average Bonchev–Trinajstić information content (AvgIpc) is 2.82. The molecule has 1 N–H and O–H groups in total. The Balaban J connectivity index is 1.83. The summed E-state index contributed by atoms with van der Waals surface area (Å²) >= 11 is 9.49. The van der Waals surface area contributed by atoms with Crippen molar-refractivity contribution in [2.24, 2.45) is 0 Å². The molecule has 6 heteroatoms. The molecule has 0 aliphatic heterocycles. The number of nitrogens with one attached hydrogen (secondary N) is 1. The predicted octanol–water partition coefficient (Wildman–Crippen LogP) is 4.07. The van der Waals surface area contributed by atoms with E-state index < -0.39 is 0 Å². The molecule has 3 rings (SSSR count). The highest BCUT2D eigenvalue weighted by molar-refractivity contribution is 9.10. The van der Waals surface area contributed by atoms with Gasteiger partial charge in [-0.3, -0.25) is 4.40 Å². The minimum Gasteiger partial charge on any atom is -0.379 e. The van der Waals surface area contributed by atoms with Gasteiger partial charge in [-0.25, -0.2) is 9.97 Å². The maximum atomic E-state index is 6.12. The molecule has 0 spiro atoms. The van der Waals surface area contributed by atoms with Gasteiger partial charge < -0.3 is 5.32 Å². The molecule has 0 aliphatic rings. The van der Waals surface area contributed by atoms with E-state index in [4.69, 9.17) is 11.6 Å². The Bertz CT molecular complexity index is 769. The Labute approximate surface area is 129 Å². The van der Waals surface area contributed by atoms with E-state index in [9.17, 15) is 0 Å². The van der Waals surface area contributed by atoms with Crippen LogP contribution in [0.2, 0.25) is 5.02 Å². The molecule has 0 atom stereocenters. The molecule has 4 nitrogen and oxygen atoms in total. The fourth-order valence-electron chi connectivity index (χ4n) is 1.94. The molecule has 0 bridgehead atoms. The van der Waals surface area contributed by atoms with Crippen molar-refractivity contribution in [2.75, 3.05) is 5.32 Å². The number of rotatable bonds is 3. The summed E-state index contributed by atoms with van der Waals surface area (Å²) in [7, 11) is 0. The molecule has 0 saturated heterocycles. The second-order valence-electron chi connectivity index (χ2n) is 4.51. The van der Waals surface area contributed by atoms with Crippen LogP contribution in [0, 0.1) is 6.92 Å². The highest BCUT2D eigenvalue weighted by Gasteiger charge is 2.04. The van der Waals surface area contributed by atoms with E-state index in [-0.39, 0.29) is 0 Å². The van der Waals surface area contributed by atoms with Gasteiger partial charge in [0.25, 0.3) is 0 Å². The molecule has 2 heterocycles. The Kier molecular flexibility index (Phi) is 3.63. The SMILES string of the molecule is Cc1ccc(NCc2cnc3cnc(Br)cn23)cc1Cl. The first kappa shape index (κ1) is 13.4. The fraction of sp³-hybridized carbons (Fsp3) is 0.143. The van der Waals surface area contributed by atoms with Gasteiger partial charge in [0, 0.05) is 16.9 Å². The van der Waals surface area contributed by atoms with Gasteiger partial charge in [0.15, 0.2) is 5.65 Å². The maximum absolute atomic E-state index is 6.12. The van der Waals surface area contributed by atoms with Crippen molar-refractivity contribution in [1.29, 1.82) is 0 Å². The van der Waals surface area contributed by atoms with Gasteiger partial charge in [-0.15, -0.1) is 0 Å². The molecular formula is C14H12BrClN4. The summed E-state index contributed by atoms with van der Waals surface area (Å²) in [6.07, 6.45) is 5.48. The summed E-state index contributed by atoms with van der Waals surface area (Å²) in [6.45, 7) is 2.65. The van der Waals surface area contributed by atoms with E-state index in [0.717, 1.165) is 32.2 Å². The largest absolute Gasteiger partial charge is 0.379 e. The predicted molar refractivity (Wildman–Crippen MR) is 84.2 cm³/mol. The molecule has 2 aromatic heterocycles. The molecule has 0 amide bonds. The van der Waals surface area contributed by atoms with Crippen molar-refractivity contribution in [3.8, 4) is 0 Å². The first-order valence-electron chi connectivity index (χ1n) is 6.11. The average molecular weight is 352 g/mol. The van der Waals surface area contributed by atoms with Crippen molar-refractivity contribution in [1.82, 2.24) is 14.4 Å². The van der Waals surface area contributed by atoms with Crippen molar-refractivity contribution in [3.63, 3.8) is 0 Å². The molecule has 0 radical (unpaired) electrons. The number of anilines is 1. The molecule has 102 valence electrons.